The summed E-state index contributed by atoms with van der Waals surface area (Å²) in [6.45, 7) is 1.91. The van der Waals surface area contributed by atoms with Crippen LogP contribution in [0.5, 0.6) is 5.75 Å². The van der Waals surface area contributed by atoms with Crippen LogP contribution in [0.2, 0.25) is 0 Å². The Morgan fingerprint density at radius 2 is 2.24 bits per heavy atom. The molecule has 0 amide bonds. The van der Waals surface area contributed by atoms with Gasteiger partial charge in [-0.2, -0.15) is 0 Å². The third kappa shape index (κ3) is 2.88. The zero-order valence-electron chi connectivity index (χ0n) is 11.1. The van der Waals surface area contributed by atoms with E-state index in [1.54, 1.807) is 23.9 Å². The summed E-state index contributed by atoms with van der Waals surface area (Å²) in [6, 6.07) is 6.25. The van der Waals surface area contributed by atoms with Gasteiger partial charge in [-0.25, -0.2) is 9.78 Å². The fourth-order valence-electron chi connectivity index (χ4n) is 2.02. The molecule has 1 aromatic carbocycles. The lowest BCUT2D eigenvalue weighted by molar-refractivity contribution is 0.473. The van der Waals surface area contributed by atoms with Gasteiger partial charge in [-0.15, -0.1) is 11.8 Å². The Hall–Kier alpha value is -1.99. The molecule has 3 N–H and O–H groups in total. The molecule has 0 aliphatic rings. The molecule has 0 aliphatic heterocycles. The molecule has 0 saturated carbocycles. The summed E-state index contributed by atoms with van der Waals surface area (Å²) >= 11 is 3.02. The maximum atomic E-state index is 11.6. The fourth-order valence-corrected chi connectivity index (χ4v) is 4.03. The lowest BCUT2D eigenvalue weighted by Crippen LogP contribution is -1.99. The average Bonchev–Trinajstić information content (AvgIpc) is 2.73. The smallest absolute Gasteiger partial charge is 0.336 e. The van der Waals surface area contributed by atoms with Gasteiger partial charge in [0.25, 0.3) is 0 Å². The largest absolute Gasteiger partial charge is 0.508 e. The Balaban J connectivity index is 1.97. The highest BCUT2D eigenvalue weighted by molar-refractivity contribution is 8.00. The van der Waals surface area contributed by atoms with Crippen LogP contribution in [0, 0.1) is 6.92 Å². The van der Waals surface area contributed by atoms with E-state index >= 15 is 0 Å². The van der Waals surface area contributed by atoms with Gasteiger partial charge in [-0.3, -0.25) is 0 Å². The van der Waals surface area contributed by atoms with Crippen molar-refractivity contribution in [3.63, 3.8) is 0 Å². The molecule has 2 aromatic heterocycles. The predicted octanol–water partition coefficient (Wildman–Crippen LogP) is 3.14. The highest BCUT2D eigenvalue weighted by atomic mass is 32.2. The Kier molecular flexibility index (Phi) is 3.60. The van der Waals surface area contributed by atoms with Gasteiger partial charge < -0.3 is 15.3 Å². The molecule has 108 valence electrons. The maximum absolute atomic E-state index is 11.6. The predicted molar refractivity (Wildman–Crippen MR) is 85.0 cm³/mol. The molecule has 0 saturated heterocycles. The molecule has 0 aliphatic carbocycles. The van der Waals surface area contributed by atoms with E-state index in [0.717, 1.165) is 20.9 Å². The van der Waals surface area contributed by atoms with E-state index in [1.807, 2.05) is 6.92 Å². The molecule has 0 radical (unpaired) electrons. The number of thiazole rings is 1. The lowest BCUT2D eigenvalue weighted by Gasteiger charge is -2.05. The van der Waals surface area contributed by atoms with Gasteiger partial charge in [0.15, 0.2) is 5.13 Å². The van der Waals surface area contributed by atoms with Gasteiger partial charge in [0.2, 0.25) is 0 Å². The second-order valence-electron chi connectivity index (χ2n) is 4.48. The minimum absolute atomic E-state index is 0.0709. The van der Waals surface area contributed by atoms with Crippen molar-refractivity contribution in [2.45, 2.75) is 16.9 Å². The van der Waals surface area contributed by atoms with Gasteiger partial charge in [-0.05, 0) is 24.6 Å². The number of phenols is 1. The van der Waals surface area contributed by atoms with Gasteiger partial charge >= 0.3 is 5.63 Å². The second kappa shape index (κ2) is 5.42. The first-order valence-electron chi connectivity index (χ1n) is 6.14. The number of nitrogens with zero attached hydrogens (tertiary/aromatic N) is 1. The number of nitrogens with two attached hydrogens (primary N) is 1. The van der Waals surface area contributed by atoms with Crippen molar-refractivity contribution >= 4 is 39.2 Å². The van der Waals surface area contributed by atoms with Crippen molar-refractivity contribution in [3.8, 4) is 5.75 Å². The van der Waals surface area contributed by atoms with Gasteiger partial charge in [0, 0.05) is 23.3 Å². The van der Waals surface area contributed by atoms with Crippen molar-refractivity contribution in [2.24, 2.45) is 0 Å². The lowest BCUT2D eigenvalue weighted by atomic mass is 10.1. The number of benzene rings is 1. The van der Waals surface area contributed by atoms with Crippen LogP contribution in [-0.4, -0.2) is 10.1 Å². The first kappa shape index (κ1) is 14.0. The van der Waals surface area contributed by atoms with Crippen LogP contribution in [0.15, 0.2) is 37.7 Å². The van der Waals surface area contributed by atoms with E-state index in [-0.39, 0.29) is 5.75 Å². The fraction of sp³-hybridized carbons (Fsp3) is 0.143. The standard InChI is InChI=1S/C14H12N2O3S2/c1-7-13(21-14(15)16-7)20-6-8-4-12(18)19-11-5-9(17)2-3-10(8)11/h2-5,17H,6H2,1H3,(H2,15,16). The highest BCUT2D eigenvalue weighted by Gasteiger charge is 2.10. The molecule has 0 bridgehead atoms. The maximum Gasteiger partial charge on any atom is 0.336 e. The quantitative estimate of drug-likeness (QED) is 0.569. The van der Waals surface area contributed by atoms with Crippen molar-refractivity contribution < 1.29 is 9.52 Å². The zero-order valence-corrected chi connectivity index (χ0v) is 12.8. The SMILES string of the molecule is Cc1nc(N)sc1SCc1cc(=O)oc2cc(O)ccc12. The summed E-state index contributed by atoms with van der Waals surface area (Å²) < 4.78 is 6.14. The number of thioether (sulfide) groups is 1. The van der Waals surface area contributed by atoms with E-state index in [2.05, 4.69) is 4.98 Å². The second-order valence-corrected chi connectivity index (χ2v) is 6.76. The molecule has 7 heteroatoms. The van der Waals surface area contributed by atoms with E-state index in [4.69, 9.17) is 10.2 Å². The minimum Gasteiger partial charge on any atom is -0.508 e. The van der Waals surface area contributed by atoms with E-state index in [9.17, 15) is 9.90 Å². The molecule has 21 heavy (non-hydrogen) atoms. The number of aromatic nitrogens is 1. The summed E-state index contributed by atoms with van der Waals surface area (Å²) in [6.07, 6.45) is 0. The van der Waals surface area contributed by atoms with Crippen molar-refractivity contribution in [1.29, 1.82) is 0 Å². The van der Waals surface area contributed by atoms with Crippen molar-refractivity contribution in [3.05, 3.63) is 45.9 Å². The Labute approximate surface area is 128 Å². The van der Waals surface area contributed by atoms with Crippen LogP contribution in [-0.2, 0) is 5.75 Å². The summed E-state index contributed by atoms with van der Waals surface area (Å²) in [5, 5.41) is 10.8. The first-order chi connectivity index (χ1) is 10.0. The Bertz CT molecular complexity index is 870. The third-order valence-corrected chi connectivity index (χ3v) is 5.34. The van der Waals surface area contributed by atoms with Crippen LogP contribution < -0.4 is 11.4 Å². The molecule has 5 nitrogen and oxygen atoms in total. The number of aromatic hydroxyl groups is 1. The van der Waals surface area contributed by atoms with Crippen molar-refractivity contribution in [2.75, 3.05) is 5.73 Å². The monoisotopic (exact) mass is 320 g/mol. The van der Waals surface area contributed by atoms with Crippen molar-refractivity contribution in [1.82, 2.24) is 4.98 Å². The molecular weight excluding hydrogens is 308 g/mol. The highest BCUT2D eigenvalue weighted by Crippen LogP contribution is 2.34. The summed E-state index contributed by atoms with van der Waals surface area (Å²) in [5.41, 5.74) is 7.40. The van der Waals surface area contributed by atoms with Gasteiger partial charge in [-0.1, -0.05) is 11.3 Å². The minimum atomic E-state index is -0.427. The van der Waals surface area contributed by atoms with E-state index in [1.165, 1.54) is 23.5 Å². The third-order valence-electron chi connectivity index (χ3n) is 2.94. The molecule has 0 spiro atoms. The van der Waals surface area contributed by atoms with E-state index in [0.29, 0.717) is 16.5 Å². The Morgan fingerprint density at radius 3 is 2.95 bits per heavy atom. The number of hydrogen-bond donors (Lipinski definition) is 2. The molecule has 0 fully saturated rings. The normalized spacial score (nSPS) is 11.1. The van der Waals surface area contributed by atoms with Gasteiger partial charge in [0.05, 0.1) is 9.90 Å². The van der Waals surface area contributed by atoms with E-state index < -0.39 is 5.63 Å². The van der Waals surface area contributed by atoms with Crippen LogP contribution in [0.1, 0.15) is 11.3 Å². The number of hydrogen-bond acceptors (Lipinski definition) is 7. The molecule has 2 heterocycles. The zero-order chi connectivity index (χ0) is 15.0. The molecular formula is C14H12N2O3S2. The van der Waals surface area contributed by atoms with Crippen LogP contribution in [0.3, 0.4) is 0 Å². The van der Waals surface area contributed by atoms with Crippen LogP contribution in [0.4, 0.5) is 5.13 Å². The number of aryl methyl sites for hydroxylation is 1. The number of anilines is 1. The number of fused-ring (bicyclic) bond motifs is 1. The first-order valence-corrected chi connectivity index (χ1v) is 7.94. The number of phenolic OH excluding ortho intramolecular Hbond substituents is 1. The topological polar surface area (TPSA) is 89.4 Å². The van der Waals surface area contributed by atoms with Crippen LogP contribution in [0.25, 0.3) is 11.0 Å². The average molecular weight is 320 g/mol. The number of rotatable bonds is 3. The molecule has 3 aromatic rings. The Morgan fingerprint density at radius 1 is 1.43 bits per heavy atom. The summed E-state index contributed by atoms with van der Waals surface area (Å²) in [5.74, 6) is 0.677. The molecule has 0 atom stereocenters. The summed E-state index contributed by atoms with van der Waals surface area (Å²) in [4.78, 5) is 15.8. The van der Waals surface area contributed by atoms with Gasteiger partial charge in [0.1, 0.15) is 11.3 Å². The molecule has 0 unspecified atom stereocenters. The molecule has 3 rings (SSSR count). The van der Waals surface area contributed by atoms with Crippen LogP contribution >= 0.6 is 23.1 Å². The summed E-state index contributed by atoms with van der Waals surface area (Å²) in [7, 11) is 0. The number of nitrogen functional groups attached to an aromatic ring is 1.